The van der Waals surface area contributed by atoms with Crippen molar-refractivity contribution in [1.82, 2.24) is 20.1 Å². The zero-order chi connectivity index (χ0) is 20.0. The summed E-state index contributed by atoms with van der Waals surface area (Å²) in [6, 6.07) is 11.7. The van der Waals surface area contributed by atoms with Crippen LogP contribution in [0.15, 0.2) is 42.5 Å². The van der Waals surface area contributed by atoms with Crippen LogP contribution in [0, 0.1) is 5.92 Å². The minimum Gasteiger partial charge on any atom is -0.356 e. The number of hydrogen-bond donors (Lipinski definition) is 2. The van der Waals surface area contributed by atoms with E-state index in [2.05, 4.69) is 40.3 Å². The van der Waals surface area contributed by atoms with Crippen LogP contribution in [0.3, 0.4) is 0 Å². The van der Waals surface area contributed by atoms with Crippen LogP contribution in [-0.4, -0.2) is 39.1 Å². The molecule has 5 nitrogen and oxygen atoms in total. The second-order valence-corrected chi connectivity index (χ2v) is 8.41. The minimum atomic E-state index is 0.0376. The molecule has 0 spiro atoms. The minimum absolute atomic E-state index is 0.0376. The average molecular weight is 386 g/mol. The summed E-state index contributed by atoms with van der Waals surface area (Å²) in [6.45, 7) is 2.30. The third-order valence-electron chi connectivity index (χ3n) is 6.33. The number of hydrogen-bond acceptors (Lipinski definition) is 2. The normalized spacial score (nSPS) is 20.2. The molecule has 5 heteroatoms. The highest BCUT2D eigenvalue weighted by atomic mass is 16.2. The van der Waals surface area contributed by atoms with Crippen LogP contribution in [0.1, 0.15) is 46.2 Å². The van der Waals surface area contributed by atoms with Gasteiger partial charge in [0.25, 0.3) is 5.91 Å². The molecule has 29 heavy (non-hydrogen) atoms. The van der Waals surface area contributed by atoms with Crippen molar-refractivity contribution in [2.45, 2.75) is 38.6 Å². The highest BCUT2D eigenvalue weighted by Gasteiger charge is 2.26. The lowest BCUT2D eigenvalue weighted by molar-refractivity contribution is 0.0759. The molecule has 2 atom stereocenters. The average Bonchev–Trinajstić information content (AvgIpc) is 3.36. The van der Waals surface area contributed by atoms with E-state index in [9.17, 15) is 4.79 Å². The quantitative estimate of drug-likeness (QED) is 0.707. The van der Waals surface area contributed by atoms with Crippen molar-refractivity contribution in [2.24, 2.45) is 5.92 Å². The Kier molecular flexibility index (Phi) is 4.38. The monoisotopic (exact) mass is 386 g/mol. The molecule has 3 aromatic rings. The summed E-state index contributed by atoms with van der Waals surface area (Å²) < 4.78 is 0. The Balaban J connectivity index is 1.37. The van der Waals surface area contributed by atoms with Crippen molar-refractivity contribution in [3.63, 3.8) is 0 Å². The number of amides is 1. The molecule has 0 radical (unpaired) electrons. The fraction of sp³-hybridized carbons (Fsp3) is 0.333. The lowest BCUT2D eigenvalue weighted by atomic mass is 9.88. The van der Waals surface area contributed by atoms with Gasteiger partial charge in [-0.15, -0.1) is 0 Å². The number of nitrogens with one attached hydrogen (secondary N) is 2. The molecule has 0 saturated heterocycles. The zero-order valence-corrected chi connectivity index (χ0v) is 16.9. The number of benzene rings is 1. The SMILES string of the molecule is C[C@@H]1CCc2c(-c3cc4c([nH]3)CC(N(C)C(=O)c3ccccc3)C=C4)n[nH]c2C1. The number of aromatic amines is 2. The lowest BCUT2D eigenvalue weighted by Gasteiger charge is -2.28. The molecule has 2 aliphatic carbocycles. The summed E-state index contributed by atoms with van der Waals surface area (Å²) in [5.41, 5.74) is 7.86. The van der Waals surface area contributed by atoms with Gasteiger partial charge in [-0.05, 0) is 48.9 Å². The van der Waals surface area contributed by atoms with Crippen molar-refractivity contribution in [3.8, 4) is 11.4 Å². The molecule has 5 rings (SSSR count). The van der Waals surface area contributed by atoms with Gasteiger partial charge >= 0.3 is 0 Å². The molecule has 1 aromatic carbocycles. The molecular formula is C24H26N4O. The summed E-state index contributed by atoms with van der Waals surface area (Å²) in [4.78, 5) is 18.2. The van der Waals surface area contributed by atoms with Crippen LogP contribution in [0.4, 0.5) is 0 Å². The number of H-pyrrole nitrogens is 2. The van der Waals surface area contributed by atoms with E-state index in [1.165, 1.54) is 28.9 Å². The number of fused-ring (bicyclic) bond motifs is 2. The Labute approximate surface area is 170 Å². The molecule has 1 unspecified atom stereocenters. The van der Waals surface area contributed by atoms with Crippen molar-refractivity contribution in [3.05, 3.63) is 70.6 Å². The van der Waals surface area contributed by atoms with Crippen LogP contribution in [0.25, 0.3) is 17.5 Å². The summed E-state index contributed by atoms with van der Waals surface area (Å²) >= 11 is 0. The summed E-state index contributed by atoms with van der Waals surface area (Å²) in [5.74, 6) is 0.764. The van der Waals surface area contributed by atoms with Gasteiger partial charge in [-0.25, -0.2) is 0 Å². The van der Waals surface area contributed by atoms with Crippen molar-refractivity contribution < 1.29 is 4.79 Å². The fourth-order valence-electron chi connectivity index (χ4n) is 4.55. The molecule has 2 heterocycles. The van der Waals surface area contributed by atoms with Gasteiger partial charge in [0.05, 0.1) is 11.7 Å². The fourth-order valence-corrected chi connectivity index (χ4v) is 4.55. The maximum atomic E-state index is 12.8. The van der Waals surface area contributed by atoms with E-state index in [1.54, 1.807) is 0 Å². The zero-order valence-electron chi connectivity index (χ0n) is 16.9. The van der Waals surface area contributed by atoms with E-state index in [0.29, 0.717) is 5.92 Å². The third-order valence-corrected chi connectivity index (χ3v) is 6.33. The van der Waals surface area contributed by atoms with E-state index in [1.807, 2.05) is 42.3 Å². The molecule has 0 saturated carbocycles. The smallest absolute Gasteiger partial charge is 0.254 e. The molecule has 2 N–H and O–H groups in total. The Morgan fingerprint density at radius 1 is 1.17 bits per heavy atom. The third kappa shape index (κ3) is 3.20. The number of likely N-dealkylation sites (N-methyl/N-ethyl adjacent to an activating group) is 1. The first-order valence-corrected chi connectivity index (χ1v) is 10.4. The second kappa shape index (κ2) is 7.07. The predicted octanol–water partition coefficient (Wildman–Crippen LogP) is 4.24. The maximum Gasteiger partial charge on any atom is 0.254 e. The van der Waals surface area contributed by atoms with Crippen LogP contribution < -0.4 is 0 Å². The highest BCUT2D eigenvalue weighted by Crippen LogP contribution is 2.33. The second-order valence-electron chi connectivity index (χ2n) is 8.41. The van der Waals surface area contributed by atoms with E-state index >= 15 is 0 Å². The standard InChI is InChI=1S/C24H26N4O/c1-15-8-11-19-21(12-15)26-27-23(19)22-13-17-9-10-18(14-20(17)25-22)28(2)24(29)16-6-4-3-5-7-16/h3-7,9-10,13,15,18,25H,8,11-12,14H2,1-2H3,(H,26,27)/t15-,18?/m1/s1. The molecule has 0 fully saturated rings. The molecule has 0 bridgehead atoms. The van der Waals surface area contributed by atoms with Crippen LogP contribution >= 0.6 is 0 Å². The number of carbonyl (C=O) groups excluding carboxylic acids is 1. The largest absolute Gasteiger partial charge is 0.356 e. The molecule has 1 amide bonds. The highest BCUT2D eigenvalue weighted by molar-refractivity contribution is 5.94. The van der Waals surface area contributed by atoms with Crippen molar-refractivity contribution in [1.29, 1.82) is 0 Å². The molecule has 148 valence electrons. The van der Waals surface area contributed by atoms with Crippen molar-refractivity contribution in [2.75, 3.05) is 7.05 Å². The van der Waals surface area contributed by atoms with Gasteiger partial charge < -0.3 is 9.88 Å². The van der Waals surface area contributed by atoms with Gasteiger partial charge in [0, 0.05) is 36.0 Å². The van der Waals surface area contributed by atoms with Gasteiger partial charge in [-0.2, -0.15) is 5.10 Å². The van der Waals surface area contributed by atoms with Gasteiger partial charge in [0.2, 0.25) is 0 Å². The van der Waals surface area contributed by atoms with Gasteiger partial charge in [-0.3, -0.25) is 9.89 Å². The lowest BCUT2D eigenvalue weighted by Crippen LogP contribution is -2.38. The van der Waals surface area contributed by atoms with Crippen molar-refractivity contribution >= 4 is 12.0 Å². The first-order valence-electron chi connectivity index (χ1n) is 10.4. The number of nitrogens with zero attached hydrogens (tertiary/aromatic N) is 2. The van der Waals surface area contributed by atoms with E-state index in [-0.39, 0.29) is 11.9 Å². The van der Waals surface area contributed by atoms with Gasteiger partial charge in [0.1, 0.15) is 5.69 Å². The van der Waals surface area contributed by atoms with E-state index in [4.69, 9.17) is 0 Å². The van der Waals surface area contributed by atoms with Crippen LogP contribution in [0.2, 0.25) is 0 Å². The summed E-state index contributed by atoms with van der Waals surface area (Å²) in [7, 11) is 1.88. The number of carbonyl (C=O) groups is 1. The van der Waals surface area contributed by atoms with E-state index < -0.39 is 0 Å². The Morgan fingerprint density at radius 2 is 2.00 bits per heavy atom. The molecular weight excluding hydrogens is 360 g/mol. The number of aromatic nitrogens is 3. The topological polar surface area (TPSA) is 64.8 Å². The van der Waals surface area contributed by atoms with Gasteiger partial charge in [-0.1, -0.05) is 37.3 Å². The van der Waals surface area contributed by atoms with E-state index in [0.717, 1.165) is 36.2 Å². The number of rotatable bonds is 3. The molecule has 2 aromatic heterocycles. The first kappa shape index (κ1) is 18.0. The Morgan fingerprint density at radius 3 is 2.83 bits per heavy atom. The maximum absolute atomic E-state index is 12.8. The Hall–Kier alpha value is -3.08. The molecule has 0 aliphatic heterocycles. The summed E-state index contributed by atoms with van der Waals surface area (Å²) in [5, 5.41) is 7.88. The Bertz CT molecular complexity index is 1080. The predicted molar refractivity (Wildman–Crippen MR) is 115 cm³/mol. The summed E-state index contributed by atoms with van der Waals surface area (Å²) in [6.07, 6.45) is 8.41. The van der Waals surface area contributed by atoms with Crippen LogP contribution in [0.5, 0.6) is 0 Å². The van der Waals surface area contributed by atoms with Crippen LogP contribution in [-0.2, 0) is 19.3 Å². The first-order chi connectivity index (χ1) is 14.1. The van der Waals surface area contributed by atoms with Gasteiger partial charge in [0.15, 0.2) is 0 Å². The molecule has 2 aliphatic rings.